The number of benzene rings is 2. The lowest BCUT2D eigenvalue weighted by molar-refractivity contribution is 0.241. The highest BCUT2D eigenvalue weighted by molar-refractivity contribution is 9.10. The third-order valence-corrected chi connectivity index (χ3v) is 3.36. The molecule has 0 aliphatic heterocycles. The van der Waals surface area contributed by atoms with Crippen molar-refractivity contribution in [3.05, 3.63) is 58.3 Å². The molecule has 0 aliphatic rings. The van der Waals surface area contributed by atoms with Gasteiger partial charge in [0.05, 0.1) is 13.2 Å². The van der Waals surface area contributed by atoms with Gasteiger partial charge in [0, 0.05) is 17.4 Å². The molecule has 0 amide bonds. The van der Waals surface area contributed by atoms with Crippen molar-refractivity contribution in [1.82, 2.24) is 0 Å². The molecule has 0 unspecified atom stereocenters. The van der Waals surface area contributed by atoms with Crippen molar-refractivity contribution < 1.29 is 13.9 Å². The van der Waals surface area contributed by atoms with E-state index in [-0.39, 0.29) is 11.6 Å². The lowest BCUT2D eigenvalue weighted by Crippen LogP contribution is -2.06. The van der Waals surface area contributed by atoms with Crippen LogP contribution < -0.4 is 15.2 Å². The SMILES string of the molecule is NCc1ccc(OCCCOc2ccc(Br)cc2F)cc1. The lowest BCUT2D eigenvalue weighted by atomic mass is 10.2. The molecule has 0 fully saturated rings. The summed E-state index contributed by atoms with van der Waals surface area (Å²) in [5, 5.41) is 0. The fourth-order valence-corrected chi connectivity index (χ4v) is 2.08. The monoisotopic (exact) mass is 353 g/mol. The molecule has 0 spiro atoms. The third kappa shape index (κ3) is 5.02. The van der Waals surface area contributed by atoms with E-state index >= 15 is 0 Å². The molecule has 0 atom stereocenters. The Hall–Kier alpha value is -1.59. The van der Waals surface area contributed by atoms with Gasteiger partial charge in [-0.25, -0.2) is 4.39 Å². The molecule has 3 nitrogen and oxygen atoms in total. The average molecular weight is 354 g/mol. The highest BCUT2D eigenvalue weighted by Gasteiger charge is 2.03. The minimum Gasteiger partial charge on any atom is -0.493 e. The molecular weight excluding hydrogens is 337 g/mol. The topological polar surface area (TPSA) is 44.5 Å². The van der Waals surface area contributed by atoms with Crippen molar-refractivity contribution in [3.63, 3.8) is 0 Å². The second kappa shape index (κ2) is 8.00. The van der Waals surface area contributed by atoms with Gasteiger partial charge in [-0.3, -0.25) is 0 Å². The maximum absolute atomic E-state index is 13.5. The maximum Gasteiger partial charge on any atom is 0.166 e. The Labute approximate surface area is 132 Å². The quantitative estimate of drug-likeness (QED) is 0.767. The van der Waals surface area contributed by atoms with Gasteiger partial charge in [-0.05, 0) is 35.9 Å². The first kappa shape index (κ1) is 15.8. The molecule has 0 saturated heterocycles. The second-order valence-corrected chi connectivity index (χ2v) is 5.39. The van der Waals surface area contributed by atoms with Crippen molar-refractivity contribution in [3.8, 4) is 11.5 Å². The van der Waals surface area contributed by atoms with Crippen LogP contribution in [0.2, 0.25) is 0 Å². The number of hydrogen-bond donors (Lipinski definition) is 1. The van der Waals surface area contributed by atoms with E-state index in [4.69, 9.17) is 15.2 Å². The molecule has 5 heteroatoms. The molecular formula is C16H17BrFNO2. The highest BCUT2D eigenvalue weighted by atomic mass is 79.9. The molecule has 2 aromatic rings. The normalized spacial score (nSPS) is 10.4. The molecule has 0 bridgehead atoms. The smallest absolute Gasteiger partial charge is 0.166 e. The van der Waals surface area contributed by atoms with Crippen LogP contribution in [0.5, 0.6) is 11.5 Å². The average Bonchev–Trinajstić information content (AvgIpc) is 2.49. The Balaban J connectivity index is 1.69. The predicted octanol–water partition coefficient (Wildman–Crippen LogP) is 3.89. The van der Waals surface area contributed by atoms with Crippen molar-refractivity contribution in [2.45, 2.75) is 13.0 Å². The van der Waals surface area contributed by atoms with E-state index < -0.39 is 0 Å². The van der Waals surface area contributed by atoms with Gasteiger partial charge in [-0.1, -0.05) is 28.1 Å². The first-order valence-electron chi connectivity index (χ1n) is 6.68. The fraction of sp³-hybridized carbons (Fsp3) is 0.250. The molecule has 0 saturated carbocycles. The zero-order valence-electron chi connectivity index (χ0n) is 11.5. The van der Waals surface area contributed by atoms with E-state index in [2.05, 4.69) is 15.9 Å². The number of rotatable bonds is 7. The summed E-state index contributed by atoms with van der Waals surface area (Å²) in [5.74, 6) is 0.676. The van der Waals surface area contributed by atoms with Gasteiger partial charge in [0.1, 0.15) is 5.75 Å². The third-order valence-electron chi connectivity index (χ3n) is 2.87. The summed E-state index contributed by atoms with van der Waals surface area (Å²) in [5.41, 5.74) is 6.59. The van der Waals surface area contributed by atoms with Crippen LogP contribution in [0.3, 0.4) is 0 Å². The van der Waals surface area contributed by atoms with Gasteiger partial charge in [0.25, 0.3) is 0 Å². The van der Waals surface area contributed by atoms with Gasteiger partial charge in [-0.15, -0.1) is 0 Å². The van der Waals surface area contributed by atoms with E-state index in [1.807, 2.05) is 24.3 Å². The largest absolute Gasteiger partial charge is 0.493 e. The number of halogens is 2. The molecule has 21 heavy (non-hydrogen) atoms. The van der Waals surface area contributed by atoms with Gasteiger partial charge >= 0.3 is 0 Å². The highest BCUT2D eigenvalue weighted by Crippen LogP contribution is 2.21. The molecule has 0 aromatic heterocycles. The summed E-state index contributed by atoms with van der Waals surface area (Å²) in [4.78, 5) is 0. The Morgan fingerprint density at radius 2 is 1.71 bits per heavy atom. The first-order chi connectivity index (χ1) is 10.2. The molecule has 112 valence electrons. The van der Waals surface area contributed by atoms with Gasteiger partial charge in [0.15, 0.2) is 11.6 Å². The van der Waals surface area contributed by atoms with Crippen LogP contribution in [-0.4, -0.2) is 13.2 Å². The Bertz CT molecular complexity index is 575. The van der Waals surface area contributed by atoms with Crippen LogP contribution in [0.25, 0.3) is 0 Å². The minimum atomic E-state index is -0.373. The van der Waals surface area contributed by atoms with Crippen LogP contribution in [0.1, 0.15) is 12.0 Å². The molecule has 2 N–H and O–H groups in total. The molecule has 2 rings (SSSR count). The maximum atomic E-state index is 13.5. The van der Waals surface area contributed by atoms with E-state index in [1.165, 1.54) is 6.07 Å². The summed E-state index contributed by atoms with van der Waals surface area (Å²) >= 11 is 3.20. The van der Waals surface area contributed by atoms with E-state index in [1.54, 1.807) is 12.1 Å². The second-order valence-electron chi connectivity index (χ2n) is 4.47. The summed E-state index contributed by atoms with van der Waals surface area (Å²) in [7, 11) is 0. The van der Waals surface area contributed by atoms with Crippen LogP contribution in [-0.2, 0) is 6.54 Å². The summed E-state index contributed by atoms with van der Waals surface area (Å²) < 4.78 is 25.1. The van der Waals surface area contributed by atoms with Crippen molar-refractivity contribution in [2.24, 2.45) is 5.73 Å². The fourth-order valence-electron chi connectivity index (χ4n) is 1.75. The number of nitrogens with two attached hydrogens (primary N) is 1. The van der Waals surface area contributed by atoms with Crippen LogP contribution in [0, 0.1) is 5.82 Å². The first-order valence-corrected chi connectivity index (χ1v) is 7.48. The zero-order valence-corrected chi connectivity index (χ0v) is 13.1. The Morgan fingerprint density at radius 1 is 1.00 bits per heavy atom. The van der Waals surface area contributed by atoms with E-state index in [0.717, 1.165) is 11.3 Å². The zero-order chi connectivity index (χ0) is 15.1. The van der Waals surface area contributed by atoms with E-state index in [0.29, 0.717) is 30.7 Å². The standard InChI is InChI=1S/C16H17BrFNO2/c17-13-4-7-16(15(18)10-13)21-9-1-8-20-14-5-2-12(11-19)3-6-14/h2-7,10H,1,8-9,11,19H2. The summed E-state index contributed by atoms with van der Waals surface area (Å²) in [6, 6.07) is 12.4. The number of hydrogen-bond acceptors (Lipinski definition) is 3. The van der Waals surface area contributed by atoms with E-state index in [9.17, 15) is 4.39 Å². The summed E-state index contributed by atoms with van der Waals surface area (Å²) in [6.07, 6.45) is 0.675. The Kier molecular flexibility index (Phi) is 6.02. The number of ether oxygens (including phenoxy) is 2. The molecule has 0 aliphatic carbocycles. The van der Waals surface area contributed by atoms with Crippen molar-refractivity contribution in [1.29, 1.82) is 0 Å². The van der Waals surface area contributed by atoms with Crippen LogP contribution in [0.4, 0.5) is 4.39 Å². The van der Waals surface area contributed by atoms with Crippen LogP contribution in [0.15, 0.2) is 46.9 Å². The summed E-state index contributed by atoms with van der Waals surface area (Å²) in [6.45, 7) is 1.44. The van der Waals surface area contributed by atoms with Crippen LogP contribution >= 0.6 is 15.9 Å². The predicted molar refractivity (Wildman–Crippen MR) is 84.0 cm³/mol. The molecule has 2 aromatic carbocycles. The van der Waals surface area contributed by atoms with Crippen molar-refractivity contribution >= 4 is 15.9 Å². The van der Waals surface area contributed by atoms with Gasteiger partial charge in [-0.2, -0.15) is 0 Å². The molecule has 0 radical (unpaired) electrons. The lowest BCUT2D eigenvalue weighted by Gasteiger charge is -2.09. The van der Waals surface area contributed by atoms with Gasteiger partial charge < -0.3 is 15.2 Å². The minimum absolute atomic E-state index is 0.255. The van der Waals surface area contributed by atoms with Crippen molar-refractivity contribution in [2.75, 3.05) is 13.2 Å². The van der Waals surface area contributed by atoms with Gasteiger partial charge in [0.2, 0.25) is 0 Å². The molecule has 0 heterocycles. The Morgan fingerprint density at radius 3 is 2.38 bits per heavy atom.